The van der Waals surface area contributed by atoms with Crippen molar-refractivity contribution in [1.82, 2.24) is 20.2 Å². The highest BCUT2D eigenvalue weighted by atomic mass is 35.5. The molecule has 0 aliphatic heterocycles. The number of nitrogens with one attached hydrogen (secondary N) is 2. The summed E-state index contributed by atoms with van der Waals surface area (Å²) in [6.07, 6.45) is 2.93. The molecule has 0 radical (unpaired) electrons. The number of aromatic nitrogens is 4. The third-order valence-corrected chi connectivity index (χ3v) is 5.59. The van der Waals surface area contributed by atoms with Gasteiger partial charge in [0.2, 0.25) is 17.6 Å². The van der Waals surface area contributed by atoms with Crippen molar-refractivity contribution in [2.45, 2.75) is 32.7 Å². The summed E-state index contributed by atoms with van der Waals surface area (Å²) in [5.74, 6) is 0.125. The molecule has 0 bridgehead atoms. The number of nitrogens with zero attached hydrogens (tertiary/aromatic N) is 4. The van der Waals surface area contributed by atoms with Crippen LogP contribution in [0, 0.1) is 12.8 Å². The van der Waals surface area contributed by atoms with Gasteiger partial charge in [-0.05, 0) is 54.8 Å². The van der Waals surface area contributed by atoms with Gasteiger partial charge in [0.15, 0.2) is 0 Å². The van der Waals surface area contributed by atoms with Crippen molar-refractivity contribution in [3.63, 3.8) is 0 Å². The highest BCUT2D eigenvalue weighted by Crippen LogP contribution is 2.30. The summed E-state index contributed by atoms with van der Waals surface area (Å²) in [7, 11) is 0. The Labute approximate surface area is 178 Å². The Morgan fingerprint density at radius 1 is 1.10 bits per heavy atom. The van der Waals surface area contributed by atoms with Gasteiger partial charge < -0.3 is 10.6 Å². The number of carbonyl (C=O) groups is 2. The van der Waals surface area contributed by atoms with Crippen LogP contribution in [0.25, 0.3) is 11.4 Å². The molecule has 0 saturated heterocycles. The van der Waals surface area contributed by atoms with Gasteiger partial charge in [0.1, 0.15) is 6.54 Å². The Hall–Kier alpha value is -3.26. The topological polar surface area (TPSA) is 102 Å². The molecule has 1 aromatic heterocycles. The lowest BCUT2D eigenvalue weighted by molar-refractivity contribution is -0.122. The monoisotopic (exact) mass is 424 g/mol. The Bertz CT molecular complexity index is 1090. The second-order valence-electron chi connectivity index (χ2n) is 7.27. The average molecular weight is 425 g/mol. The Balaban J connectivity index is 1.46. The summed E-state index contributed by atoms with van der Waals surface area (Å²) in [6.45, 7) is 1.73. The zero-order valence-electron chi connectivity index (χ0n) is 16.4. The fraction of sp³-hybridized carbons (Fsp3) is 0.286. The fourth-order valence-electron chi connectivity index (χ4n) is 3.17. The minimum absolute atomic E-state index is 0.0114. The van der Waals surface area contributed by atoms with Gasteiger partial charge in [-0.2, -0.15) is 4.80 Å². The van der Waals surface area contributed by atoms with Crippen LogP contribution >= 0.6 is 11.6 Å². The third-order valence-electron chi connectivity index (χ3n) is 5.18. The molecule has 154 valence electrons. The zero-order valence-corrected chi connectivity index (χ0v) is 17.2. The van der Waals surface area contributed by atoms with Gasteiger partial charge in [0.25, 0.3) is 0 Å². The molecular weight excluding hydrogens is 404 g/mol. The maximum absolute atomic E-state index is 12.4. The van der Waals surface area contributed by atoms with Gasteiger partial charge in [-0.1, -0.05) is 36.2 Å². The van der Waals surface area contributed by atoms with Gasteiger partial charge >= 0.3 is 0 Å². The zero-order chi connectivity index (χ0) is 21.1. The van der Waals surface area contributed by atoms with Crippen LogP contribution in [0.4, 0.5) is 11.4 Å². The van der Waals surface area contributed by atoms with E-state index in [0.29, 0.717) is 27.8 Å². The van der Waals surface area contributed by atoms with Gasteiger partial charge in [-0.25, -0.2) is 0 Å². The molecule has 1 fully saturated rings. The van der Waals surface area contributed by atoms with Crippen molar-refractivity contribution in [2.75, 3.05) is 10.6 Å². The number of carbonyl (C=O) groups excluding carboxylic acids is 2. The third kappa shape index (κ3) is 4.33. The van der Waals surface area contributed by atoms with E-state index in [-0.39, 0.29) is 24.3 Å². The number of halogens is 1. The largest absolute Gasteiger partial charge is 0.325 e. The molecule has 2 aromatic carbocycles. The van der Waals surface area contributed by atoms with Crippen LogP contribution in [0.2, 0.25) is 5.02 Å². The molecule has 3 aromatic rings. The maximum atomic E-state index is 12.4. The van der Waals surface area contributed by atoms with E-state index in [1.807, 2.05) is 25.1 Å². The van der Waals surface area contributed by atoms with Gasteiger partial charge in [0.05, 0.1) is 5.69 Å². The van der Waals surface area contributed by atoms with E-state index in [0.717, 1.165) is 24.8 Å². The smallest absolute Gasteiger partial charge is 0.248 e. The molecule has 8 nitrogen and oxygen atoms in total. The molecule has 1 heterocycles. The quantitative estimate of drug-likeness (QED) is 0.628. The molecule has 1 aliphatic carbocycles. The second-order valence-corrected chi connectivity index (χ2v) is 7.67. The molecule has 4 rings (SSSR count). The molecule has 2 amide bonds. The molecule has 30 heavy (non-hydrogen) atoms. The molecule has 0 atom stereocenters. The number of anilines is 2. The van der Waals surface area contributed by atoms with Crippen molar-refractivity contribution >= 4 is 34.8 Å². The van der Waals surface area contributed by atoms with Crippen LogP contribution in [0.1, 0.15) is 24.8 Å². The second kappa shape index (κ2) is 8.62. The lowest BCUT2D eigenvalue weighted by atomic mass is 9.85. The number of hydrogen-bond acceptors (Lipinski definition) is 5. The van der Waals surface area contributed by atoms with Crippen LogP contribution < -0.4 is 10.6 Å². The van der Waals surface area contributed by atoms with E-state index < -0.39 is 0 Å². The SMILES string of the molecule is Cc1c(Cl)cccc1NC(=O)Cn1nnc(-c2ccccc2NC(=O)C2CCC2)n1. The van der Waals surface area contributed by atoms with Crippen LogP contribution in [0.5, 0.6) is 0 Å². The molecule has 0 unspecified atom stereocenters. The number of para-hydroxylation sites is 1. The summed E-state index contributed by atoms with van der Waals surface area (Å²) in [5.41, 5.74) is 2.71. The van der Waals surface area contributed by atoms with Crippen molar-refractivity contribution in [3.05, 3.63) is 53.1 Å². The first-order valence-corrected chi connectivity index (χ1v) is 10.1. The fourth-order valence-corrected chi connectivity index (χ4v) is 3.35. The summed E-state index contributed by atoms with van der Waals surface area (Å²) in [4.78, 5) is 25.9. The number of rotatable bonds is 6. The average Bonchev–Trinajstić information content (AvgIpc) is 3.12. The first kappa shape index (κ1) is 20.0. The molecule has 1 saturated carbocycles. The number of amides is 2. The Kier molecular flexibility index (Phi) is 5.76. The predicted molar refractivity (Wildman–Crippen MR) is 114 cm³/mol. The predicted octanol–water partition coefficient (Wildman–Crippen LogP) is 3.68. The van der Waals surface area contributed by atoms with Gasteiger partial charge in [-0.3, -0.25) is 9.59 Å². The summed E-state index contributed by atoms with van der Waals surface area (Å²) in [6, 6.07) is 12.6. The molecule has 9 heteroatoms. The number of hydrogen-bond donors (Lipinski definition) is 2. The van der Waals surface area contributed by atoms with E-state index in [2.05, 4.69) is 26.0 Å². The van der Waals surface area contributed by atoms with E-state index >= 15 is 0 Å². The lowest BCUT2D eigenvalue weighted by Gasteiger charge is -2.24. The Morgan fingerprint density at radius 3 is 2.63 bits per heavy atom. The normalized spacial score (nSPS) is 13.5. The molecule has 1 aliphatic rings. The van der Waals surface area contributed by atoms with Crippen molar-refractivity contribution in [2.24, 2.45) is 5.92 Å². The van der Waals surface area contributed by atoms with Crippen LogP contribution in [-0.4, -0.2) is 32.0 Å². The van der Waals surface area contributed by atoms with Gasteiger partial charge in [0, 0.05) is 22.2 Å². The van der Waals surface area contributed by atoms with E-state index in [4.69, 9.17) is 11.6 Å². The van der Waals surface area contributed by atoms with Crippen LogP contribution in [-0.2, 0) is 16.1 Å². The van der Waals surface area contributed by atoms with E-state index in [1.54, 1.807) is 24.3 Å². The number of tetrazole rings is 1. The molecular formula is C21H21ClN6O2. The molecule has 2 N–H and O–H groups in total. The van der Waals surface area contributed by atoms with Gasteiger partial charge in [-0.15, -0.1) is 10.2 Å². The maximum Gasteiger partial charge on any atom is 0.248 e. The summed E-state index contributed by atoms with van der Waals surface area (Å²) in [5, 5.41) is 18.7. The number of benzene rings is 2. The van der Waals surface area contributed by atoms with Crippen LogP contribution in [0.15, 0.2) is 42.5 Å². The summed E-state index contributed by atoms with van der Waals surface area (Å²) < 4.78 is 0. The standard InChI is InChI=1S/C21H21ClN6O2/c1-13-16(22)9-5-11-17(13)23-19(29)12-28-26-20(25-27-28)15-8-2-3-10-18(15)24-21(30)14-6-4-7-14/h2-3,5,8-11,14H,4,6-7,12H2,1H3,(H,23,29)(H,24,30). The van der Waals surface area contributed by atoms with E-state index in [1.165, 1.54) is 4.80 Å². The van der Waals surface area contributed by atoms with Crippen molar-refractivity contribution < 1.29 is 9.59 Å². The minimum Gasteiger partial charge on any atom is -0.325 e. The molecule has 0 spiro atoms. The first-order valence-electron chi connectivity index (χ1n) is 9.74. The van der Waals surface area contributed by atoms with Crippen molar-refractivity contribution in [3.8, 4) is 11.4 Å². The van der Waals surface area contributed by atoms with Crippen molar-refractivity contribution in [1.29, 1.82) is 0 Å². The Morgan fingerprint density at radius 2 is 1.87 bits per heavy atom. The highest BCUT2D eigenvalue weighted by molar-refractivity contribution is 6.31. The van der Waals surface area contributed by atoms with E-state index in [9.17, 15) is 9.59 Å². The van der Waals surface area contributed by atoms with Crippen LogP contribution in [0.3, 0.4) is 0 Å². The highest BCUT2D eigenvalue weighted by Gasteiger charge is 2.26. The first-order chi connectivity index (χ1) is 14.5. The lowest BCUT2D eigenvalue weighted by Crippen LogP contribution is -2.28. The summed E-state index contributed by atoms with van der Waals surface area (Å²) >= 11 is 6.09. The minimum atomic E-state index is -0.295.